The Kier molecular flexibility index (Phi) is 1.63. The molecule has 2 rings (SSSR count). The first-order valence-electron chi connectivity index (χ1n) is 4.13. The van der Waals surface area contributed by atoms with Crippen LogP contribution in [0.4, 0.5) is 0 Å². The van der Waals surface area contributed by atoms with E-state index in [-0.39, 0.29) is 17.2 Å². The zero-order valence-corrected chi connectivity index (χ0v) is 7.17. The predicted molar refractivity (Wildman–Crippen MR) is 45.5 cm³/mol. The molecule has 0 bridgehead atoms. The molecule has 2 heterocycles. The molecule has 0 saturated carbocycles. The van der Waals surface area contributed by atoms with Crippen molar-refractivity contribution in [2.75, 3.05) is 0 Å². The Labute approximate surface area is 73.8 Å². The van der Waals surface area contributed by atoms with Crippen LogP contribution in [-0.2, 0) is 0 Å². The zero-order chi connectivity index (χ0) is 9.59. The molecule has 0 spiro atoms. The van der Waals surface area contributed by atoms with Gasteiger partial charge in [-0.25, -0.2) is 9.36 Å². The molecule has 0 aromatic carbocycles. The Balaban J connectivity index is 2.82. The van der Waals surface area contributed by atoms with E-state index in [2.05, 4.69) is 0 Å². The number of fused-ring (bicyclic) bond motifs is 1. The van der Waals surface area contributed by atoms with E-state index in [0.29, 0.717) is 6.42 Å². The maximum absolute atomic E-state index is 11.3. The largest absolute Gasteiger partial charge is 0.372 e. The van der Waals surface area contributed by atoms with Crippen molar-refractivity contribution in [3.63, 3.8) is 0 Å². The summed E-state index contributed by atoms with van der Waals surface area (Å²) in [5.74, 6) is 0. The van der Waals surface area contributed by atoms with Crippen molar-refractivity contribution in [1.29, 1.82) is 0 Å². The molecule has 0 amide bonds. The van der Waals surface area contributed by atoms with Gasteiger partial charge in [0, 0.05) is 18.6 Å². The number of nitrogens with zero attached hydrogens (tertiary/aromatic N) is 2. The van der Waals surface area contributed by atoms with E-state index >= 15 is 0 Å². The first-order chi connectivity index (χ1) is 6.11. The van der Waals surface area contributed by atoms with Crippen molar-refractivity contribution >= 4 is 0 Å². The van der Waals surface area contributed by atoms with Crippen LogP contribution < -0.4 is 11.1 Å². The molecule has 0 saturated heterocycles. The lowest BCUT2D eigenvalue weighted by Crippen LogP contribution is -2.35. The van der Waals surface area contributed by atoms with Gasteiger partial charge in [-0.3, -0.25) is 9.59 Å². The third-order valence-electron chi connectivity index (χ3n) is 2.30. The molecule has 1 aromatic rings. The number of rotatable bonds is 0. The van der Waals surface area contributed by atoms with Crippen molar-refractivity contribution in [2.24, 2.45) is 0 Å². The molecule has 5 nitrogen and oxygen atoms in total. The molecule has 1 aliphatic rings. The minimum atomic E-state index is -0.864. The predicted octanol–water partition coefficient (Wildman–Crippen LogP) is -0.534. The van der Waals surface area contributed by atoms with E-state index < -0.39 is 6.23 Å². The lowest BCUT2D eigenvalue weighted by atomic mass is 10.2. The van der Waals surface area contributed by atoms with Crippen LogP contribution in [0.2, 0.25) is 0 Å². The highest BCUT2D eigenvalue weighted by atomic mass is 16.3. The SMILES string of the molecule is C[C@@H]1C[C@@H](O)n2c(=O)ccc(=O)n21. The van der Waals surface area contributed by atoms with Gasteiger partial charge < -0.3 is 5.11 Å². The molecule has 70 valence electrons. The molecule has 1 aromatic heterocycles. The second-order valence-electron chi connectivity index (χ2n) is 3.26. The standard InChI is InChI=1S/C8H10N2O3/c1-5-4-8(13)10-7(12)3-2-6(11)9(5)10/h2-3,5,8,13H,4H2,1H3/t5-,8-/m1/s1. The lowest BCUT2D eigenvalue weighted by molar-refractivity contribution is 0.100. The molecular weight excluding hydrogens is 172 g/mol. The summed E-state index contributed by atoms with van der Waals surface area (Å²) in [7, 11) is 0. The normalized spacial score (nSPS) is 26.0. The van der Waals surface area contributed by atoms with Crippen LogP contribution in [0.1, 0.15) is 25.6 Å². The van der Waals surface area contributed by atoms with Crippen LogP contribution in [-0.4, -0.2) is 14.5 Å². The number of hydrogen-bond acceptors (Lipinski definition) is 3. The van der Waals surface area contributed by atoms with Crippen LogP contribution in [0.15, 0.2) is 21.7 Å². The van der Waals surface area contributed by atoms with Gasteiger partial charge in [0.15, 0.2) is 6.23 Å². The summed E-state index contributed by atoms with van der Waals surface area (Å²) in [6.07, 6.45) is -0.449. The smallest absolute Gasteiger partial charge is 0.267 e. The Morgan fingerprint density at radius 2 is 1.85 bits per heavy atom. The van der Waals surface area contributed by atoms with Gasteiger partial charge in [-0.05, 0) is 6.92 Å². The van der Waals surface area contributed by atoms with Gasteiger partial charge in [-0.1, -0.05) is 0 Å². The molecule has 2 atom stereocenters. The molecule has 1 N–H and O–H groups in total. The maximum atomic E-state index is 11.3. The highest BCUT2D eigenvalue weighted by Gasteiger charge is 2.26. The second kappa shape index (κ2) is 2.56. The lowest BCUT2D eigenvalue weighted by Gasteiger charge is -2.08. The van der Waals surface area contributed by atoms with Crippen LogP contribution in [0.25, 0.3) is 0 Å². The topological polar surface area (TPSA) is 64.2 Å². The first kappa shape index (κ1) is 8.25. The van der Waals surface area contributed by atoms with Crippen molar-refractivity contribution in [2.45, 2.75) is 25.6 Å². The second-order valence-corrected chi connectivity index (χ2v) is 3.26. The molecule has 13 heavy (non-hydrogen) atoms. The summed E-state index contributed by atoms with van der Waals surface area (Å²) in [5.41, 5.74) is -0.583. The fraction of sp³-hybridized carbons (Fsp3) is 0.500. The van der Waals surface area contributed by atoms with Crippen LogP contribution in [0.5, 0.6) is 0 Å². The van der Waals surface area contributed by atoms with E-state index in [9.17, 15) is 14.7 Å². The van der Waals surface area contributed by atoms with Crippen molar-refractivity contribution < 1.29 is 5.11 Å². The molecule has 1 aliphatic heterocycles. The molecule has 0 fully saturated rings. The van der Waals surface area contributed by atoms with E-state index in [0.717, 1.165) is 4.68 Å². The summed E-state index contributed by atoms with van der Waals surface area (Å²) in [6, 6.07) is 2.30. The summed E-state index contributed by atoms with van der Waals surface area (Å²) in [6.45, 7) is 1.80. The fourth-order valence-electron chi connectivity index (χ4n) is 1.73. The van der Waals surface area contributed by atoms with Crippen molar-refractivity contribution in [1.82, 2.24) is 9.36 Å². The minimum absolute atomic E-state index is 0.114. The zero-order valence-electron chi connectivity index (χ0n) is 7.17. The van der Waals surface area contributed by atoms with Gasteiger partial charge in [0.2, 0.25) is 0 Å². The van der Waals surface area contributed by atoms with E-state index in [1.807, 2.05) is 0 Å². The van der Waals surface area contributed by atoms with Crippen molar-refractivity contribution in [3.8, 4) is 0 Å². The van der Waals surface area contributed by atoms with Gasteiger partial charge in [0.25, 0.3) is 11.1 Å². The molecule has 5 heteroatoms. The average molecular weight is 182 g/mol. The highest BCUT2D eigenvalue weighted by Crippen LogP contribution is 2.23. The molecule has 0 aliphatic carbocycles. The van der Waals surface area contributed by atoms with Gasteiger partial charge in [-0.2, -0.15) is 0 Å². The Morgan fingerprint density at radius 1 is 1.31 bits per heavy atom. The third-order valence-corrected chi connectivity index (χ3v) is 2.30. The Morgan fingerprint density at radius 3 is 2.38 bits per heavy atom. The number of aliphatic hydroxyl groups is 1. The summed E-state index contributed by atoms with van der Waals surface area (Å²) < 4.78 is 2.40. The highest BCUT2D eigenvalue weighted by molar-refractivity contribution is 4.93. The van der Waals surface area contributed by atoms with Crippen LogP contribution >= 0.6 is 0 Å². The quantitative estimate of drug-likeness (QED) is 0.586. The molecule has 0 unspecified atom stereocenters. The van der Waals surface area contributed by atoms with Gasteiger partial charge >= 0.3 is 0 Å². The van der Waals surface area contributed by atoms with E-state index in [1.54, 1.807) is 6.92 Å². The van der Waals surface area contributed by atoms with Crippen LogP contribution in [0.3, 0.4) is 0 Å². The first-order valence-corrected chi connectivity index (χ1v) is 4.13. The number of aromatic nitrogens is 2. The van der Waals surface area contributed by atoms with E-state index in [1.165, 1.54) is 16.8 Å². The minimum Gasteiger partial charge on any atom is -0.372 e. The number of hydrogen-bond donors (Lipinski definition) is 1. The summed E-state index contributed by atoms with van der Waals surface area (Å²) in [4.78, 5) is 22.6. The van der Waals surface area contributed by atoms with Crippen molar-refractivity contribution in [3.05, 3.63) is 32.8 Å². The van der Waals surface area contributed by atoms with Gasteiger partial charge in [0.1, 0.15) is 0 Å². The van der Waals surface area contributed by atoms with Gasteiger partial charge in [-0.15, -0.1) is 0 Å². The fourth-order valence-corrected chi connectivity index (χ4v) is 1.73. The Hall–Kier alpha value is -1.36. The number of aliphatic hydroxyl groups excluding tert-OH is 1. The monoisotopic (exact) mass is 182 g/mol. The van der Waals surface area contributed by atoms with Gasteiger partial charge in [0.05, 0.1) is 6.04 Å². The summed E-state index contributed by atoms with van der Waals surface area (Å²) >= 11 is 0. The van der Waals surface area contributed by atoms with E-state index in [4.69, 9.17) is 0 Å². The molecule has 0 radical (unpaired) electrons. The molecular formula is C8H10N2O3. The Bertz CT molecular complexity index is 404. The third kappa shape index (κ3) is 1.04. The average Bonchev–Trinajstić information content (AvgIpc) is 2.36. The maximum Gasteiger partial charge on any atom is 0.267 e. The van der Waals surface area contributed by atoms with Crippen LogP contribution in [0, 0.1) is 0 Å². The summed E-state index contributed by atoms with van der Waals surface area (Å²) in [5, 5.41) is 9.46.